The lowest BCUT2D eigenvalue weighted by atomic mass is 10.1. The van der Waals surface area contributed by atoms with Crippen molar-refractivity contribution >= 4 is 50.8 Å². The van der Waals surface area contributed by atoms with E-state index < -0.39 is 5.91 Å². The van der Waals surface area contributed by atoms with Crippen molar-refractivity contribution in [2.75, 3.05) is 51.9 Å². The third-order valence-electron chi connectivity index (χ3n) is 4.66. The van der Waals surface area contributed by atoms with E-state index in [9.17, 15) is 9.59 Å². The second-order valence-corrected chi connectivity index (χ2v) is 8.16. The molecule has 0 aliphatic carbocycles. The van der Waals surface area contributed by atoms with Gasteiger partial charge in [-0.1, -0.05) is 28.1 Å². The van der Waals surface area contributed by atoms with Crippen molar-refractivity contribution in [3.8, 4) is 5.75 Å². The molecule has 0 aromatic heterocycles. The highest BCUT2D eigenvalue weighted by Gasteiger charge is 2.22. The number of nitrogens with zero attached hydrogens (tertiary/aromatic N) is 1. The fraction of sp³-hybridized carbons (Fsp3) is 0.318. The number of thiocarbonyl (C=S) groups is 1. The standard InChI is InChI=1S/C22H24BrN3O5S/c1-29-12-13-31-19-7-6-15(23)14-17(19)20(27)25-22(32)24-18-5-3-2-4-16(18)21(28)26-8-10-30-11-9-26/h2-7,14H,8-13H2,1H3,(H2,24,25,27,32). The molecule has 2 N–H and O–H groups in total. The molecule has 2 aromatic rings. The molecule has 1 fully saturated rings. The van der Waals surface area contributed by atoms with Crippen LogP contribution in [0.25, 0.3) is 0 Å². The Hall–Kier alpha value is -2.53. The Bertz CT molecular complexity index is 982. The molecule has 2 aromatic carbocycles. The van der Waals surface area contributed by atoms with Crippen LogP contribution in [0.3, 0.4) is 0 Å². The summed E-state index contributed by atoms with van der Waals surface area (Å²) in [6.07, 6.45) is 0. The second-order valence-electron chi connectivity index (χ2n) is 6.84. The fourth-order valence-electron chi connectivity index (χ4n) is 3.08. The van der Waals surface area contributed by atoms with Crippen LogP contribution in [0.5, 0.6) is 5.75 Å². The first-order chi connectivity index (χ1) is 15.5. The molecule has 8 nitrogen and oxygen atoms in total. The smallest absolute Gasteiger partial charge is 0.261 e. The highest BCUT2D eigenvalue weighted by Crippen LogP contribution is 2.24. The third kappa shape index (κ3) is 6.49. The molecular weight excluding hydrogens is 498 g/mol. The van der Waals surface area contributed by atoms with Gasteiger partial charge in [0.25, 0.3) is 11.8 Å². The molecule has 170 valence electrons. The summed E-state index contributed by atoms with van der Waals surface area (Å²) >= 11 is 8.71. The van der Waals surface area contributed by atoms with Gasteiger partial charge in [0.15, 0.2) is 5.11 Å². The Kier molecular flexibility index (Phi) is 8.98. The predicted molar refractivity (Wildman–Crippen MR) is 128 cm³/mol. The average molecular weight is 522 g/mol. The third-order valence-corrected chi connectivity index (χ3v) is 5.36. The minimum atomic E-state index is -0.437. The first kappa shape index (κ1) is 24.1. The maximum Gasteiger partial charge on any atom is 0.261 e. The Morgan fingerprint density at radius 1 is 1.12 bits per heavy atom. The quantitative estimate of drug-likeness (QED) is 0.427. The van der Waals surface area contributed by atoms with Gasteiger partial charge in [-0.25, -0.2) is 0 Å². The molecule has 1 aliphatic rings. The van der Waals surface area contributed by atoms with Gasteiger partial charge in [0.1, 0.15) is 12.4 Å². The van der Waals surface area contributed by atoms with Crippen molar-refractivity contribution < 1.29 is 23.8 Å². The van der Waals surface area contributed by atoms with E-state index in [0.29, 0.717) is 62.1 Å². The van der Waals surface area contributed by atoms with Gasteiger partial charge in [-0.2, -0.15) is 0 Å². The summed E-state index contributed by atoms with van der Waals surface area (Å²) in [5, 5.41) is 5.69. The summed E-state index contributed by atoms with van der Waals surface area (Å²) in [5.41, 5.74) is 1.30. The van der Waals surface area contributed by atoms with Gasteiger partial charge in [0, 0.05) is 24.7 Å². The van der Waals surface area contributed by atoms with Crippen LogP contribution in [0, 0.1) is 0 Å². The number of benzene rings is 2. The molecule has 1 aliphatic heterocycles. The van der Waals surface area contributed by atoms with Crippen LogP contribution in [0.2, 0.25) is 0 Å². The fourth-order valence-corrected chi connectivity index (χ4v) is 3.64. The molecule has 10 heteroatoms. The maximum absolute atomic E-state index is 12.9. The first-order valence-electron chi connectivity index (χ1n) is 9.99. The number of amides is 2. The number of anilines is 1. The second kappa shape index (κ2) is 11.9. The van der Waals surface area contributed by atoms with Crippen molar-refractivity contribution in [2.24, 2.45) is 0 Å². The number of rotatable bonds is 7. The molecule has 0 spiro atoms. The predicted octanol–water partition coefficient (Wildman–Crippen LogP) is 3.07. The summed E-state index contributed by atoms with van der Waals surface area (Å²) < 4.78 is 16.7. The Balaban J connectivity index is 1.69. The lowest BCUT2D eigenvalue weighted by molar-refractivity contribution is 0.0303. The van der Waals surface area contributed by atoms with Crippen molar-refractivity contribution in [1.82, 2.24) is 10.2 Å². The van der Waals surface area contributed by atoms with Gasteiger partial charge in [0.2, 0.25) is 0 Å². The van der Waals surface area contributed by atoms with E-state index in [-0.39, 0.29) is 11.0 Å². The molecule has 0 radical (unpaired) electrons. The van der Waals surface area contributed by atoms with Gasteiger partial charge >= 0.3 is 0 Å². The monoisotopic (exact) mass is 521 g/mol. The normalized spacial score (nSPS) is 13.4. The van der Waals surface area contributed by atoms with Crippen molar-refractivity contribution in [1.29, 1.82) is 0 Å². The minimum absolute atomic E-state index is 0.0695. The van der Waals surface area contributed by atoms with Gasteiger partial charge in [0.05, 0.1) is 36.6 Å². The summed E-state index contributed by atoms with van der Waals surface area (Å²) in [6, 6.07) is 12.2. The number of halogens is 1. The number of para-hydroxylation sites is 1. The van der Waals surface area contributed by atoms with E-state index in [0.717, 1.165) is 4.47 Å². The van der Waals surface area contributed by atoms with E-state index in [2.05, 4.69) is 26.6 Å². The first-order valence-corrected chi connectivity index (χ1v) is 11.2. The molecule has 1 saturated heterocycles. The number of nitrogens with one attached hydrogen (secondary N) is 2. The molecule has 3 rings (SSSR count). The lowest BCUT2D eigenvalue weighted by Crippen LogP contribution is -2.41. The van der Waals surface area contributed by atoms with E-state index >= 15 is 0 Å². The number of hydrogen-bond donors (Lipinski definition) is 2. The number of ether oxygens (including phenoxy) is 3. The van der Waals surface area contributed by atoms with Gasteiger partial charge in [-0.3, -0.25) is 14.9 Å². The Morgan fingerprint density at radius 2 is 1.88 bits per heavy atom. The number of carbonyl (C=O) groups is 2. The van der Waals surface area contributed by atoms with E-state index in [1.54, 1.807) is 54.5 Å². The lowest BCUT2D eigenvalue weighted by Gasteiger charge is -2.27. The van der Waals surface area contributed by atoms with E-state index in [1.807, 2.05) is 0 Å². The van der Waals surface area contributed by atoms with Gasteiger partial charge in [-0.15, -0.1) is 0 Å². The molecule has 0 unspecified atom stereocenters. The van der Waals surface area contributed by atoms with Crippen LogP contribution >= 0.6 is 28.1 Å². The van der Waals surface area contributed by atoms with Crippen molar-refractivity contribution in [3.05, 3.63) is 58.1 Å². The Labute approximate surface area is 200 Å². The summed E-state index contributed by atoms with van der Waals surface area (Å²) in [6.45, 7) is 2.78. The largest absolute Gasteiger partial charge is 0.490 e. The van der Waals surface area contributed by atoms with Crippen molar-refractivity contribution in [3.63, 3.8) is 0 Å². The van der Waals surface area contributed by atoms with Crippen molar-refractivity contribution in [2.45, 2.75) is 0 Å². The van der Waals surface area contributed by atoms with Crippen LogP contribution in [-0.4, -0.2) is 68.5 Å². The molecule has 2 amide bonds. The highest BCUT2D eigenvalue weighted by atomic mass is 79.9. The zero-order chi connectivity index (χ0) is 22.9. The summed E-state index contributed by atoms with van der Waals surface area (Å²) in [4.78, 5) is 27.5. The van der Waals surface area contributed by atoms with Crippen LogP contribution in [0.4, 0.5) is 5.69 Å². The maximum atomic E-state index is 12.9. The topological polar surface area (TPSA) is 89.1 Å². The van der Waals surface area contributed by atoms with Crippen LogP contribution in [0.1, 0.15) is 20.7 Å². The Morgan fingerprint density at radius 3 is 2.62 bits per heavy atom. The highest BCUT2D eigenvalue weighted by molar-refractivity contribution is 9.10. The number of methoxy groups -OCH3 is 1. The summed E-state index contributed by atoms with van der Waals surface area (Å²) in [5.74, 6) is -0.145. The summed E-state index contributed by atoms with van der Waals surface area (Å²) in [7, 11) is 1.57. The number of morpholine rings is 1. The molecule has 32 heavy (non-hydrogen) atoms. The molecular formula is C22H24BrN3O5S. The van der Waals surface area contributed by atoms with Crippen LogP contribution in [0.15, 0.2) is 46.9 Å². The number of carbonyl (C=O) groups excluding carboxylic acids is 2. The van der Waals surface area contributed by atoms with E-state index in [1.165, 1.54) is 0 Å². The van der Waals surface area contributed by atoms with Crippen LogP contribution < -0.4 is 15.4 Å². The molecule has 1 heterocycles. The molecule has 0 bridgehead atoms. The average Bonchev–Trinajstić information content (AvgIpc) is 2.80. The van der Waals surface area contributed by atoms with E-state index in [4.69, 9.17) is 26.4 Å². The van der Waals surface area contributed by atoms with Gasteiger partial charge < -0.3 is 24.4 Å². The molecule has 0 saturated carbocycles. The van der Waals surface area contributed by atoms with Crippen LogP contribution in [-0.2, 0) is 9.47 Å². The zero-order valence-corrected chi connectivity index (χ0v) is 20.0. The number of hydrogen-bond acceptors (Lipinski definition) is 6. The zero-order valence-electron chi connectivity index (χ0n) is 17.6. The minimum Gasteiger partial charge on any atom is -0.490 e. The molecule has 0 atom stereocenters. The SMILES string of the molecule is COCCOc1ccc(Br)cc1C(=O)NC(=S)Nc1ccccc1C(=O)N1CCOCC1. The van der Waals surface area contributed by atoms with Gasteiger partial charge in [-0.05, 0) is 42.5 Å².